The Balaban J connectivity index is 2.04. The first-order valence-corrected chi connectivity index (χ1v) is 6.85. The highest BCUT2D eigenvalue weighted by atomic mass is 32.1. The van der Waals surface area contributed by atoms with E-state index in [-0.39, 0.29) is 11.8 Å². The van der Waals surface area contributed by atoms with Crippen LogP contribution in [0.2, 0.25) is 0 Å². The van der Waals surface area contributed by atoms with Crippen molar-refractivity contribution in [2.45, 2.75) is 13.3 Å². The van der Waals surface area contributed by atoms with Gasteiger partial charge < -0.3 is 15.5 Å². The Labute approximate surface area is 110 Å². The minimum atomic E-state index is -0.0205. The zero-order valence-corrected chi connectivity index (χ0v) is 11.2. The van der Waals surface area contributed by atoms with Crippen LogP contribution in [0.15, 0.2) is 11.4 Å². The third-order valence-corrected chi connectivity index (χ3v) is 4.04. The summed E-state index contributed by atoms with van der Waals surface area (Å²) in [6.45, 7) is 4.15. The van der Waals surface area contributed by atoms with Crippen LogP contribution in [0.1, 0.15) is 23.0 Å². The molecule has 0 atom stereocenters. The lowest BCUT2D eigenvalue weighted by Gasteiger charge is -2.21. The minimum absolute atomic E-state index is 0.0205. The number of anilines is 1. The van der Waals surface area contributed by atoms with Crippen molar-refractivity contribution in [3.05, 3.63) is 16.3 Å². The molecule has 0 bridgehead atoms. The molecule has 0 aliphatic carbocycles. The molecule has 0 radical (unpaired) electrons. The van der Waals surface area contributed by atoms with Crippen molar-refractivity contribution in [3.63, 3.8) is 0 Å². The van der Waals surface area contributed by atoms with Crippen LogP contribution in [0.4, 0.5) is 5.69 Å². The fourth-order valence-electron chi connectivity index (χ4n) is 2.07. The van der Waals surface area contributed by atoms with E-state index in [1.165, 1.54) is 11.3 Å². The molecule has 6 heteroatoms. The molecule has 1 aromatic rings. The topological polar surface area (TPSA) is 66.6 Å². The Hall–Kier alpha value is -1.56. The van der Waals surface area contributed by atoms with Gasteiger partial charge in [0.05, 0.1) is 5.69 Å². The van der Waals surface area contributed by atoms with Crippen molar-refractivity contribution in [3.8, 4) is 0 Å². The van der Waals surface area contributed by atoms with Gasteiger partial charge in [0, 0.05) is 33.1 Å². The van der Waals surface area contributed by atoms with Crippen molar-refractivity contribution in [2.24, 2.45) is 0 Å². The van der Waals surface area contributed by atoms with Crippen LogP contribution in [0, 0.1) is 0 Å². The maximum Gasteiger partial charge on any atom is 0.266 e. The molecule has 2 heterocycles. The van der Waals surface area contributed by atoms with Crippen LogP contribution < -0.4 is 5.73 Å². The van der Waals surface area contributed by atoms with Gasteiger partial charge in [0.15, 0.2) is 0 Å². The van der Waals surface area contributed by atoms with E-state index in [2.05, 4.69) is 0 Å². The average molecular weight is 267 g/mol. The summed E-state index contributed by atoms with van der Waals surface area (Å²) in [6, 6.07) is 1.75. The summed E-state index contributed by atoms with van der Waals surface area (Å²) in [4.78, 5) is 27.7. The third-order valence-electron chi connectivity index (χ3n) is 3.12. The van der Waals surface area contributed by atoms with E-state index in [4.69, 9.17) is 5.73 Å². The average Bonchev–Trinajstić information content (AvgIpc) is 2.63. The van der Waals surface area contributed by atoms with Crippen LogP contribution in [0.25, 0.3) is 0 Å². The van der Waals surface area contributed by atoms with Crippen molar-refractivity contribution in [2.75, 3.05) is 31.9 Å². The number of nitrogen functional groups attached to an aromatic ring is 1. The quantitative estimate of drug-likeness (QED) is 0.826. The fraction of sp³-hybridized carbons (Fsp3) is 0.500. The summed E-state index contributed by atoms with van der Waals surface area (Å²) in [6.07, 6.45) is 0.816. The van der Waals surface area contributed by atoms with Crippen LogP contribution in [0.5, 0.6) is 0 Å². The van der Waals surface area contributed by atoms with Gasteiger partial charge in [-0.2, -0.15) is 0 Å². The van der Waals surface area contributed by atoms with Gasteiger partial charge >= 0.3 is 0 Å². The smallest absolute Gasteiger partial charge is 0.266 e. The van der Waals surface area contributed by atoms with Crippen LogP contribution >= 0.6 is 11.3 Å². The maximum atomic E-state index is 12.3. The van der Waals surface area contributed by atoms with Gasteiger partial charge in [0.2, 0.25) is 5.91 Å². The summed E-state index contributed by atoms with van der Waals surface area (Å²) in [7, 11) is 0. The molecular weight excluding hydrogens is 250 g/mol. The first kappa shape index (κ1) is 12.9. The highest BCUT2D eigenvalue weighted by molar-refractivity contribution is 7.12. The highest BCUT2D eigenvalue weighted by Gasteiger charge is 2.23. The number of thiophene rings is 1. The molecule has 2 amide bonds. The van der Waals surface area contributed by atoms with Gasteiger partial charge in [-0.05, 0) is 17.9 Å². The van der Waals surface area contributed by atoms with E-state index in [0.717, 1.165) is 13.0 Å². The Morgan fingerprint density at radius 3 is 2.50 bits per heavy atom. The molecule has 1 aliphatic rings. The molecule has 0 spiro atoms. The Morgan fingerprint density at radius 2 is 1.89 bits per heavy atom. The second-order valence-electron chi connectivity index (χ2n) is 4.36. The van der Waals surface area contributed by atoms with Gasteiger partial charge in [0.25, 0.3) is 5.91 Å². The van der Waals surface area contributed by atoms with Gasteiger partial charge in [0.1, 0.15) is 4.88 Å². The molecule has 98 valence electrons. The van der Waals surface area contributed by atoms with Crippen molar-refractivity contribution < 1.29 is 9.59 Å². The molecule has 0 unspecified atom stereocenters. The third kappa shape index (κ3) is 2.64. The molecule has 1 aromatic heterocycles. The van der Waals surface area contributed by atoms with E-state index in [9.17, 15) is 9.59 Å². The molecule has 1 fully saturated rings. The number of hydrogen-bond donors (Lipinski definition) is 1. The Kier molecular flexibility index (Phi) is 3.86. The normalized spacial score (nSPS) is 16.5. The maximum absolute atomic E-state index is 12.3. The van der Waals surface area contributed by atoms with E-state index in [0.29, 0.717) is 30.2 Å². The predicted octanol–water partition coefficient (Wildman–Crippen LogP) is 1.02. The van der Waals surface area contributed by atoms with Crippen molar-refractivity contribution >= 4 is 28.8 Å². The number of carbonyl (C=O) groups is 2. The second kappa shape index (κ2) is 5.39. The highest BCUT2D eigenvalue weighted by Crippen LogP contribution is 2.21. The first-order valence-electron chi connectivity index (χ1n) is 5.97. The van der Waals surface area contributed by atoms with Gasteiger partial charge in [-0.25, -0.2) is 0 Å². The zero-order chi connectivity index (χ0) is 13.1. The molecule has 18 heavy (non-hydrogen) atoms. The largest absolute Gasteiger partial charge is 0.397 e. The number of nitrogens with two attached hydrogens (primary N) is 1. The van der Waals surface area contributed by atoms with E-state index < -0.39 is 0 Å². The molecule has 2 N–H and O–H groups in total. The van der Waals surface area contributed by atoms with Crippen molar-refractivity contribution in [1.82, 2.24) is 9.80 Å². The number of hydrogen-bond acceptors (Lipinski definition) is 4. The molecule has 1 saturated heterocycles. The van der Waals surface area contributed by atoms with Crippen LogP contribution in [0.3, 0.4) is 0 Å². The lowest BCUT2D eigenvalue weighted by atomic mass is 10.3. The lowest BCUT2D eigenvalue weighted by Crippen LogP contribution is -2.36. The molecule has 0 saturated carbocycles. The van der Waals surface area contributed by atoms with Crippen molar-refractivity contribution in [1.29, 1.82) is 0 Å². The van der Waals surface area contributed by atoms with Crippen LogP contribution in [-0.2, 0) is 4.79 Å². The standard InChI is InChI=1S/C12H17N3O2S/c1-9(16)14-4-2-5-15(7-6-14)12(17)11-10(13)3-8-18-11/h3,8H,2,4-7,13H2,1H3. The Bertz CT molecular complexity index is 458. The molecule has 1 aliphatic heterocycles. The first-order chi connectivity index (χ1) is 8.59. The van der Waals surface area contributed by atoms with Gasteiger partial charge in [-0.1, -0.05) is 0 Å². The van der Waals surface area contributed by atoms with Gasteiger partial charge in [-0.3, -0.25) is 9.59 Å². The number of nitrogens with zero attached hydrogens (tertiary/aromatic N) is 2. The second-order valence-corrected chi connectivity index (χ2v) is 5.27. The SMILES string of the molecule is CC(=O)N1CCCN(C(=O)c2sccc2N)CC1. The van der Waals surface area contributed by atoms with Crippen LogP contribution in [-0.4, -0.2) is 47.8 Å². The number of carbonyl (C=O) groups excluding carboxylic acids is 2. The molecule has 0 aromatic carbocycles. The molecule has 2 rings (SSSR count). The summed E-state index contributed by atoms with van der Waals surface area (Å²) in [5.41, 5.74) is 6.30. The predicted molar refractivity (Wildman–Crippen MR) is 71.5 cm³/mol. The minimum Gasteiger partial charge on any atom is -0.397 e. The van der Waals surface area contributed by atoms with E-state index in [1.54, 1.807) is 22.8 Å². The van der Waals surface area contributed by atoms with E-state index in [1.807, 2.05) is 5.38 Å². The molecule has 5 nitrogen and oxygen atoms in total. The van der Waals surface area contributed by atoms with E-state index >= 15 is 0 Å². The molecular formula is C12H17N3O2S. The number of amides is 2. The summed E-state index contributed by atoms with van der Waals surface area (Å²) >= 11 is 1.37. The number of rotatable bonds is 1. The summed E-state index contributed by atoms with van der Waals surface area (Å²) < 4.78 is 0. The summed E-state index contributed by atoms with van der Waals surface area (Å²) in [5.74, 6) is 0.0489. The zero-order valence-electron chi connectivity index (χ0n) is 10.4. The summed E-state index contributed by atoms with van der Waals surface area (Å²) in [5, 5.41) is 1.82. The van der Waals surface area contributed by atoms with Gasteiger partial charge in [-0.15, -0.1) is 11.3 Å². The monoisotopic (exact) mass is 267 g/mol. The fourth-order valence-corrected chi connectivity index (χ4v) is 2.86. The Morgan fingerprint density at radius 1 is 1.22 bits per heavy atom. The lowest BCUT2D eigenvalue weighted by molar-refractivity contribution is -0.128.